The van der Waals surface area contributed by atoms with Crippen molar-refractivity contribution in [2.75, 3.05) is 52.6 Å². The number of sulfone groups is 1. The molecule has 0 unspecified atom stereocenters. The highest BCUT2D eigenvalue weighted by Gasteiger charge is 2.39. The minimum absolute atomic E-state index is 0.0741. The van der Waals surface area contributed by atoms with E-state index in [1.165, 1.54) is 18.2 Å². The summed E-state index contributed by atoms with van der Waals surface area (Å²) in [4.78, 5) is 17.0. The molecule has 1 aromatic heterocycles. The van der Waals surface area contributed by atoms with Gasteiger partial charge in [-0.25, -0.2) is 17.5 Å². The molecule has 0 spiro atoms. The number of hydrogen-bond acceptors (Lipinski definition) is 9. The molecular weight excluding hydrogens is 652 g/mol. The van der Waals surface area contributed by atoms with Gasteiger partial charge in [-0.2, -0.15) is 13.5 Å². The molecule has 0 bridgehead atoms. The lowest BCUT2D eigenvalue weighted by molar-refractivity contribution is 0.0298. The standard InChI is InChI=1S/C26H27FN4O5S.C6H6O3S/c27-22-3-1-2-20-24-21(17-37(33,34)25(20)22)23(26(32)30-10-14-36-15-11-30)28-31(24)19-6-4-18(5-7-19)16-29-8-12-35-13-9-29;7-10(8,9)6-4-2-1-3-5-6/h1-7H,8-17H2;1-5H,(H,7,8,9). The van der Waals surface area contributed by atoms with Gasteiger partial charge in [0.2, 0.25) is 0 Å². The van der Waals surface area contributed by atoms with Gasteiger partial charge in [0.25, 0.3) is 16.0 Å². The van der Waals surface area contributed by atoms with Crippen LogP contribution in [0, 0.1) is 5.82 Å². The minimum Gasteiger partial charge on any atom is -0.379 e. The molecule has 0 atom stereocenters. The average Bonchev–Trinajstić information content (AvgIpc) is 3.44. The lowest BCUT2D eigenvalue weighted by atomic mass is 10.0. The highest BCUT2D eigenvalue weighted by Crippen LogP contribution is 2.42. The molecule has 2 saturated heterocycles. The van der Waals surface area contributed by atoms with Gasteiger partial charge in [-0.1, -0.05) is 42.5 Å². The molecule has 1 N–H and O–H groups in total. The van der Waals surface area contributed by atoms with Crippen LogP contribution in [-0.4, -0.2) is 99.5 Å². The minimum atomic E-state index is -4.00. The third-order valence-corrected chi connectivity index (χ3v) is 10.7. The van der Waals surface area contributed by atoms with Gasteiger partial charge in [-0.05, 0) is 35.9 Å². The summed E-state index contributed by atoms with van der Waals surface area (Å²) in [5.41, 5.74) is 2.80. The first-order valence-corrected chi connectivity index (χ1v) is 18.0. The van der Waals surface area contributed by atoms with E-state index in [0.717, 1.165) is 44.5 Å². The van der Waals surface area contributed by atoms with E-state index in [4.69, 9.17) is 14.0 Å². The molecule has 15 heteroatoms. The molecule has 12 nitrogen and oxygen atoms in total. The van der Waals surface area contributed by atoms with Gasteiger partial charge >= 0.3 is 0 Å². The molecule has 3 aliphatic rings. The smallest absolute Gasteiger partial charge is 0.294 e. The number of halogens is 1. The Kier molecular flexibility index (Phi) is 9.55. The molecule has 1 amide bonds. The molecule has 248 valence electrons. The van der Waals surface area contributed by atoms with Crippen molar-refractivity contribution in [1.29, 1.82) is 0 Å². The number of aromatic nitrogens is 2. The van der Waals surface area contributed by atoms with Gasteiger partial charge in [-0.15, -0.1) is 0 Å². The highest BCUT2D eigenvalue weighted by molar-refractivity contribution is 7.91. The number of hydrogen-bond donors (Lipinski definition) is 1. The lowest BCUT2D eigenvalue weighted by Gasteiger charge is -2.26. The second-order valence-corrected chi connectivity index (χ2v) is 14.6. The van der Waals surface area contributed by atoms with E-state index in [0.29, 0.717) is 43.2 Å². The quantitative estimate of drug-likeness (QED) is 0.311. The third-order valence-electron chi connectivity index (χ3n) is 8.08. The zero-order valence-corrected chi connectivity index (χ0v) is 26.9. The van der Waals surface area contributed by atoms with Crippen molar-refractivity contribution in [3.63, 3.8) is 0 Å². The van der Waals surface area contributed by atoms with Crippen LogP contribution in [0.1, 0.15) is 21.6 Å². The molecule has 4 heterocycles. The summed E-state index contributed by atoms with van der Waals surface area (Å²) >= 11 is 0. The summed E-state index contributed by atoms with van der Waals surface area (Å²) in [6.45, 7) is 5.58. The molecule has 47 heavy (non-hydrogen) atoms. The fraction of sp³-hybridized carbons (Fsp3) is 0.312. The number of ether oxygens (including phenoxy) is 2. The van der Waals surface area contributed by atoms with Crippen molar-refractivity contribution in [2.45, 2.75) is 22.1 Å². The number of rotatable bonds is 5. The van der Waals surface area contributed by atoms with Crippen LogP contribution in [0.5, 0.6) is 0 Å². The van der Waals surface area contributed by atoms with E-state index in [1.54, 1.807) is 33.8 Å². The largest absolute Gasteiger partial charge is 0.379 e. The van der Waals surface area contributed by atoms with E-state index < -0.39 is 31.5 Å². The van der Waals surface area contributed by atoms with Crippen molar-refractivity contribution in [3.05, 3.63) is 95.4 Å². The summed E-state index contributed by atoms with van der Waals surface area (Å²) in [6, 6.07) is 19.4. The molecule has 0 saturated carbocycles. The fourth-order valence-corrected chi connectivity index (χ4v) is 7.93. The monoisotopic (exact) mass is 684 g/mol. The predicted molar refractivity (Wildman–Crippen MR) is 169 cm³/mol. The summed E-state index contributed by atoms with van der Waals surface area (Å²) < 4.78 is 82.7. The van der Waals surface area contributed by atoms with Crippen LogP contribution >= 0.6 is 0 Å². The number of carbonyl (C=O) groups excluding carboxylic acids is 1. The highest BCUT2D eigenvalue weighted by atomic mass is 32.2. The molecule has 0 aliphatic carbocycles. The molecule has 3 aromatic carbocycles. The number of amides is 1. The Labute approximate surface area is 272 Å². The van der Waals surface area contributed by atoms with Crippen LogP contribution in [0.25, 0.3) is 16.9 Å². The van der Waals surface area contributed by atoms with Gasteiger partial charge in [-0.3, -0.25) is 14.2 Å². The zero-order chi connectivity index (χ0) is 33.2. The number of morpholine rings is 2. The molecule has 2 fully saturated rings. The molecule has 4 aromatic rings. The Morgan fingerprint density at radius 3 is 2.13 bits per heavy atom. The van der Waals surface area contributed by atoms with Crippen LogP contribution in [0.2, 0.25) is 0 Å². The van der Waals surface area contributed by atoms with Crippen molar-refractivity contribution >= 4 is 25.9 Å². The van der Waals surface area contributed by atoms with Crippen LogP contribution in [0.3, 0.4) is 0 Å². The SMILES string of the molecule is O=C(c1nn(-c2ccc(CN3CCOCC3)cc2)c2c1CS(=O)(=O)c1c(F)cccc1-2)N1CCOCC1.O=S(=O)(O)c1ccccc1. The van der Waals surface area contributed by atoms with Gasteiger partial charge in [0.05, 0.1) is 48.5 Å². The second kappa shape index (κ2) is 13.6. The van der Waals surface area contributed by atoms with Crippen LogP contribution in [0.4, 0.5) is 4.39 Å². The van der Waals surface area contributed by atoms with Gasteiger partial charge in [0.1, 0.15) is 10.7 Å². The summed E-state index contributed by atoms with van der Waals surface area (Å²) in [7, 11) is -8.01. The first kappa shape index (κ1) is 32.9. The normalized spacial score (nSPS) is 17.6. The van der Waals surface area contributed by atoms with Gasteiger partial charge in [0.15, 0.2) is 15.5 Å². The zero-order valence-electron chi connectivity index (χ0n) is 25.3. The Hall–Kier alpha value is -3.99. The first-order valence-electron chi connectivity index (χ1n) is 15.0. The number of nitrogens with zero attached hydrogens (tertiary/aromatic N) is 4. The number of carbonyl (C=O) groups is 1. The second-order valence-electron chi connectivity index (χ2n) is 11.2. The summed E-state index contributed by atoms with van der Waals surface area (Å²) in [6.07, 6.45) is 0. The molecule has 3 aliphatic heterocycles. The van der Waals surface area contributed by atoms with E-state index in [-0.39, 0.29) is 27.0 Å². The summed E-state index contributed by atoms with van der Waals surface area (Å²) in [5, 5.41) is 4.65. The Bertz CT molecular complexity index is 1970. The van der Waals surface area contributed by atoms with Crippen LogP contribution in [0.15, 0.2) is 82.6 Å². The maximum absolute atomic E-state index is 14.8. The molecule has 0 radical (unpaired) electrons. The van der Waals surface area contributed by atoms with E-state index >= 15 is 0 Å². The van der Waals surface area contributed by atoms with E-state index in [1.807, 2.05) is 24.3 Å². The molecular formula is C32H33FN4O8S2. The van der Waals surface area contributed by atoms with Gasteiger partial charge < -0.3 is 14.4 Å². The predicted octanol–water partition coefficient (Wildman–Crippen LogP) is 3.20. The lowest BCUT2D eigenvalue weighted by Crippen LogP contribution is -2.41. The fourth-order valence-electron chi connectivity index (χ4n) is 5.76. The maximum atomic E-state index is 14.8. The van der Waals surface area contributed by atoms with E-state index in [2.05, 4.69) is 10.00 Å². The Morgan fingerprint density at radius 1 is 0.872 bits per heavy atom. The average molecular weight is 685 g/mol. The topological polar surface area (TPSA) is 148 Å². The van der Waals surface area contributed by atoms with Crippen molar-refractivity contribution in [3.8, 4) is 16.9 Å². The van der Waals surface area contributed by atoms with Crippen molar-refractivity contribution < 1.29 is 40.0 Å². The van der Waals surface area contributed by atoms with Gasteiger partial charge in [0, 0.05) is 43.9 Å². The Balaban J connectivity index is 0.000000332. The summed E-state index contributed by atoms with van der Waals surface area (Å²) in [5.74, 6) is -1.65. The van der Waals surface area contributed by atoms with Crippen molar-refractivity contribution in [2.24, 2.45) is 0 Å². The first-order chi connectivity index (χ1) is 22.5. The van der Waals surface area contributed by atoms with Crippen LogP contribution < -0.4 is 0 Å². The van der Waals surface area contributed by atoms with Crippen molar-refractivity contribution in [1.82, 2.24) is 19.6 Å². The third kappa shape index (κ3) is 7.15. The number of benzene rings is 3. The molecule has 7 rings (SSSR count). The van der Waals surface area contributed by atoms with Crippen LogP contribution in [-0.2, 0) is 41.7 Å². The van der Waals surface area contributed by atoms with E-state index in [9.17, 15) is 26.0 Å². The Morgan fingerprint density at radius 2 is 1.51 bits per heavy atom. The number of fused-ring (bicyclic) bond motifs is 3. The maximum Gasteiger partial charge on any atom is 0.294 e.